The lowest BCUT2D eigenvalue weighted by Crippen LogP contribution is -2.43. The first-order valence-electron chi connectivity index (χ1n) is 9.29. The lowest BCUT2D eigenvalue weighted by Gasteiger charge is -2.34. The van der Waals surface area contributed by atoms with E-state index in [1.165, 1.54) is 39.0 Å². The van der Waals surface area contributed by atoms with Crippen LogP contribution in [0.25, 0.3) is 0 Å². The summed E-state index contributed by atoms with van der Waals surface area (Å²) in [6.45, 7) is 5.43. The molecule has 0 spiro atoms. The van der Waals surface area contributed by atoms with Gasteiger partial charge in [0, 0.05) is 18.2 Å². The van der Waals surface area contributed by atoms with E-state index in [9.17, 15) is 9.90 Å². The largest absolute Gasteiger partial charge is 0.493 e. The molecule has 140 valence electrons. The molecule has 0 saturated heterocycles. The van der Waals surface area contributed by atoms with E-state index in [1.54, 1.807) is 25.3 Å². The topological polar surface area (TPSA) is 59.0 Å². The van der Waals surface area contributed by atoms with Crippen LogP contribution in [0.2, 0.25) is 0 Å². The number of nitrogens with zero attached hydrogens (tertiary/aromatic N) is 1. The van der Waals surface area contributed by atoms with Gasteiger partial charge in [-0.15, -0.1) is 0 Å². The standard InChI is InChI=1S/C20H31NO4/c1-4-21(17-8-6-5-7-9-17)13-18(23)14-25-19-11-10-16(15(2)22)12-20(19)24-3/h10-12,17-18,23H,4-9,13-14H2,1-3H3/t18-/m0/s1. The highest BCUT2D eigenvalue weighted by Gasteiger charge is 2.22. The molecule has 1 aliphatic carbocycles. The molecule has 1 atom stereocenters. The van der Waals surface area contributed by atoms with Crippen LogP contribution in [0, 0.1) is 0 Å². The van der Waals surface area contributed by atoms with Crippen LogP contribution in [0.1, 0.15) is 56.3 Å². The molecule has 0 aromatic heterocycles. The van der Waals surface area contributed by atoms with Gasteiger partial charge in [0.25, 0.3) is 0 Å². The molecule has 1 saturated carbocycles. The van der Waals surface area contributed by atoms with E-state index in [1.807, 2.05) is 0 Å². The molecule has 0 unspecified atom stereocenters. The van der Waals surface area contributed by atoms with E-state index in [4.69, 9.17) is 9.47 Å². The summed E-state index contributed by atoms with van der Waals surface area (Å²) >= 11 is 0. The zero-order valence-corrected chi connectivity index (χ0v) is 15.7. The fourth-order valence-corrected chi connectivity index (χ4v) is 3.50. The lowest BCUT2D eigenvalue weighted by atomic mass is 9.94. The number of ketones is 1. The van der Waals surface area contributed by atoms with Crippen molar-refractivity contribution < 1.29 is 19.4 Å². The summed E-state index contributed by atoms with van der Waals surface area (Å²) in [5.74, 6) is 1.04. The molecule has 5 nitrogen and oxygen atoms in total. The maximum atomic E-state index is 11.5. The predicted molar refractivity (Wildman–Crippen MR) is 98.6 cm³/mol. The molecule has 0 aliphatic heterocycles. The average molecular weight is 349 g/mol. The highest BCUT2D eigenvalue weighted by molar-refractivity contribution is 5.94. The highest BCUT2D eigenvalue weighted by atomic mass is 16.5. The van der Waals surface area contributed by atoms with Crippen molar-refractivity contribution in [3.8, 4) is 11.5 Å². The number of methoxy groups -OCH3 is 1. The van der Waals surface area contributed by atoms with E-state index in [2.05, 4.69) is 11.8 Å². The van der Waals surface area contributed by atoms with Gasteiger partial charge in [-0.3, -0.25) is 9.69 Å². The number of rotatable bonds is 9. The molecule has 0 radical (unpaired) electrons. The van der Waals surface area contributed by atoms with Crippen LogP contribution < -0.4 is 9.47 Å². The summed E-state index contributed by atoms with van der Waals surface area (Å²) in [5.41, 5.74) is 0.583. The zero-order valence-electron chi connectivity index (χ0n) is 15.7. The van der Waals surface area contributed by atoms with Crippen LogP contribution >= 0.6 is 0 Å². The Morgan fingerprint density at radius 3 is 2.60 bits per heavy atom. The number of aliphatic hydroxyl groups excluding tert-OH is 1. The molecule has 25 heavy (non-hydrogen) atoms. The third-order valence-electron chi connectivity index (χ3n) is 4.94. The first-order valence-corrected chi connectivity index (χ1v) is 9.29. The van der Waals surface area contributed by atoms with Gasteiger partial charge < -0.3 is 14.6 Å². The predicted octanol–water partition coefficient (Wildman–Crippen LogP) is 3.29. The van der Waals surface area contributed by atoms with Gasteiger partial charge in [0.1, 0.15) is 12.7 Å². The number of Topliss-reactive ketones (excluding diaryl/α,β-unsaturated/α-hetero) is 1. The second-order valence-corrected chi connectivity index (χ2v) is 6.77. The summed E-state index contributed by atoms with van der Waals surface area (Å²) in [6, 6.07) is 5.69. The van der Waals surface area contributed by atoms with Crippen LogP contribution in [0.4, 0.5) is 0 Å². The zero-order chi connectivity index (χ0) is 18.2. The SMILES string of the molecule is CCN(C[C@H](O)COc1ccc(C(C)=O)cc1OC)C1CCCCC1. The van der Waals surface area contributed by atoms with E-state index >= 15 is 0 Å². The van der Waals surface area contributed by atoms with Crippen LogP contribution in [0.15, 0.2) is 18.2 Å². The summed E-state index contributed by atoms with van der Waals surface area (Å²) < 4.78 is 11.0. The molecule has 1 N–H and O–H groups in total. The second kappa shape index (κ2) is 9.78. The minimum absolute atomic E-state index is 0.0176. The van der Waals surface area contributed by atoms with Gasteiger partial charge in [0.05, 0.1) is 7.11 Å². The summed E-state index contributed by atoms with van der Waals surface area (Å²) in [6.07, 6.45) is 5.79. The fraction of sp³-hybridized carbons (Fsp3) is 0.650. The number of carbonyl (C=O) groups excluding carboxylic acids is 1. The number of ether oxygens (including phenoxy) is 2. The first-order chi connectivity index (χ1) is 12.0. The van der Waals surface area contributed by atoms with Crippen LogP contribution in [0.5, 0.6) is 11.5 Å². The molecular formula is C20H31NO4. The molecule has 0 amide bonds. The molecule has 1 fully saturated rings. The third kappa shape index (κ3) is 5.72. The Morgan fingerprint density at radius 2 is 2.00 bits per heavy atom. The molecule has 0 heterocycles. The Kier molecular flexibility index (Phi) is 7.72. The Labute approximate surface area is 150 Å². The summed E-state index contributed by atoms with van der Waals surface area (Å²) in [4.78, 5) is 13.8. The van der Waals surface area contributed by atoms with Crippen molar-refractivity contribution in [3.05, 3.63) is 23.8 Å². The number of hydrogen-bond acceptors (Lipinski definition) is 5. The minimum Gasteiger partial charge on any atom is -0.493 e. The molecule has 1 aromatic carbocycles. The van der Waals surface area contributed by atoms with Gasteiger partial charge in [0.2, 0.25) is 0 Å². The monoisotopic (exact) mass is 349 g/mol. The molecule has 1 aliphatic rings. The second-order valence-electron chi connectivity index (χ2n) is 6.77. The Balaban J connectivity index is 1.90. The van der Waals surface area contributed by atoms with Crippen molar-refractivity contribution in [2.75, 3.05) is 26.8 Å². The number of hydrogen-bond donors (Lipinski definition) is 1. The quantitative estimate of drug-likeness (QED) is 0.693. The van der Waals surface area contributed by atoms with Crippen molar-refractivity contribution in [1.29, 1.82) is 0 Å². The Hall–Kier alpha value is -1.59. The minimum atomic E-state index is -0.556. The van der Waals surface area contributed by atoms with E-state index in [0.29, 0.717) is 29.6 Å². The van der Waals surface area contributed by atoms with Crippen molar-refractivity contribution in [1.82, 2.24) is 4.90 Å². The van der Waals surface area contributed by atoms with Gasteiger partial charge >= 0.3 is 0 Å². The fourth-order valence-electron chi connectivity index (χ4n) is 3.50. The van der Waals surface area contributed by atoms with Crippen molar-refractivity contribution in [3.63, 3.8) is 0 Å². The Morgan fingerprint density at radius 1 is 1.28 bits per heavy atom. The number of likely N-dealkylation sites (N-methyl/N-ethyl adjacent to an activating group) is 1. The number of benzene rings is 1. The number of aliphatic hydroxyl groups is 1. The highest BCUT2D eigenvalue weighted by Crippen LogP contribution is 2.28. The summed E-state index contributed by atoms with van der Waals surface area (Å²) in [5, 5.41) is 10.4. The van der Waals surface area contributed by atoms with Gasteiger partial charge in [-0.05, 0) is 44.5 Å². The molecule has 0 bridgehead atoms. The smallest absolute Gasteiger partial charge is 0.161 e. The lowest BCUT2D eigenvalue weighted by molar-refractivity contribution is 0.0457. The van der Waals surface area contributed by atoms with Gasteiger partial charge in [-0.2, -0.15) is 0 Å². The van der Waals surface area contributed by atoms with Gasteiger partial charge in [-0.25, -0.2) is 0 Å². The molecule has 5 heteroatoms. The van der Waals surface area contributed by atoms with Crippen LogP contribution in [0.3, 0.4) is 0 Å². The Bertz CT molecular complexity index is 555. The van der Waals surface area contributed by atoms with Crippen LogP contribution in [-0.4, -0.2) is 54.7 Å². The maximum Gasteiger partial charge on any atom is 0.161 e. The first kappa shape index (κ1) is 19.7. The maximum absolute atomic E-state index is 11.5. The third-order valence-corrected chi connectivity index (χ3v) is 4.94. The van der Waals surface area contributed by atoms with Crippen molar-refractivity contribution in [2.45, 2.75) is 58.1 Å². The van der Waals surface area contributed by atoms with Gasteiger partial charge in [0.15, 0.2) is 17.3 Å². The van der Waals surface area contributed by atoms with E-state index in [0.717, 1.165) is 6.54 Å². The van der Waals surface area contributed by atoms with Crippen LogP contribution in [-0.2, 0) is 0 Å². The average Bonchev–Trinajstić information content (AvgIpc) is 2.64. The molecular weight excluding hydrogens is 318 g/mol. The number of carbonyl (C=O) groups is 1. The van der Waals surface area contributed by atoms with E-state index < -0.39 is 6.10 Å². The van der Waals surface area contributed by atoms with Gasteiger partial charge in [-0.1, -0.05) is 26.2 Å². The van der Waals surface area contributed by atoms with Crippen molar-refractivity contribution >= 4 is 5.78 Å². The van der Waals surface area contributed by atoms with E-state index in [-0.39, 0.29) is 12.4 Å². The molecule has 2 rings (SSSR count). The normalized spacial score (nSPS) is 16.7. The van der Waals surface area contributed by atoms with Crippen molar-refractivity contribution in [2.24, 2.45) is 0 Å². The summed E-state index contributed by atoms with van der Waals surface area (Å²) in [7, 11) is 1.55. The molecule has 1 aromatic rings.